The standard InChI is InChI=1S/C19H12FN3O3/c1-22-7-8(20)5-11-14-15(19(26)21-18(14)25)13-10-6-9(24)3-4-12(10)23(2)17(13)16(11)22/h3-7H,1-2H3,(H-,21,24,25,26)/p+1. The van der Waals surface area contributed by atoms with Gasteiger partial charge in [-0.3, -0.25) is 14.9 Å². The molecule has 0 saturated carbocycles. The average Bonchev–Trinajstić information content (AvgIpc) is 3.02. The second kappa shape index (κ2) is 4.57. The highest BCUT2D eigenvalue weighted by Crippen LogP contribution is 2.40. The molecule has 0 spiro atoms. The Kier molecular flexibility index (Phi) is 2.61. The van der Waals surface area contributed by atoms with Gasteiger partial charge >= 0.3 is 0 Å². The number of carbonyl (C=O) groups excluding carboxylic acids is 2. The molecule has 7 heteroatoms. The second-order valence-electron chi connectivity index (χ2n) is 6.55. The highest BCUT2D eigenvalue weighted by Gasteiger charge is 2.36. The van der Waals surface area contributed by atoms with Crippen LogP contribution in [0.5, 0.6) is 5.75 Å². The number of imide groups is 1. The van der Waals surface area contributed by atoms with Gasteiger partial charge in [-0.25, -0.2) is 4.39 Å². The third-order valence-corrected chi connectivity index (χ3v) is 5.06. The summed E-state index contributed by atoms with van der Waals surface area (Å²) in [5.74, 6) is -1.49. The van der Waals surface area contributed by atoms with Gasteiger partial charge in [-0.05, 0) is 24.3 Å². The summed E-state index contributed by atoms with van der Waals surface area (Å²) in [6.07, 6.45) is 1.33. The number of nitrogens with zero attached hydrogens (tertiary/aromatic N) is 2. The molecule has 0 radical (unpaired) electrons. The van der Waals surface area contributed by atoms with Crippen molar-refractivity contribution >= 4 is 44.5 Å². The van der Waals surface area contributed by atoms with E-state index in [1.54, 1.807) is 29.8 Å². The van der Waals surface area contributed by atoms with Crippen LogP contribution in [0.15, 0.2) is 30.5 Å². The number of carbonyl (C=O) groups is 2. The molecular formula is C19H13FN3O3+. The normalized spacial score (nSPS) is 13.8. The van der Waals surface area contributed by atoms with Gasteiger partial charge in [0.2, 0.25) is 11.7 Å². The summed E-state index contributed by atoms with van der Waals surface area (Å²) in [5.41, 5.74) is 2.53. The van der Waals surface area contributed by atoms with Gasteiger partial charge in [-0.1, -0.05) is 0 Å². The van der Waals surface area contributed by atoms with E-state index in [-0.39, 0.29) is 16.9 Å². The van der Waals surface area contributed by atoms with Crippen molar-refractivity contribution in [2.75, 3.05) is 0 Å². The van der Waals surface area contributed by atoms with Crippen LogP contribution in [0.4, 0.5) is 4.39 Å². The molecule has 26 heavy (non-hydrogen) atoms. The van der Waals surface area contributed by atoms with Crippen LogP contribution in [0, 0.1) is 5.82 Å². The van der Waals surface area contributed by atoms with Gasteiger partial charge in [0, 0.05) is 23.3 Å². The van der Waals surface area contributed by atoms with Gasteiger partial charge in [-0.15, -0.1) is 0 Å². The monoisotopic (exact) mass is 350 g/mol. The maximum atomic E-state index is 14.1. The largest absolute Gasteiger partial charge is 0.508 e. The van der Waals surface area contributed by atoms with Gasteiger partial charge in [0.05, 0.1) is 16.5 Å². The van der Waals surface area contributed by atoms with Crippen molar-refractivity contribution < 1.29 is 23.7 Å². The fourth-order valence-electron chi connectivity index (χ4n) is 4.08. The lowest BCUT2D eigenvalue weighted by molar-refractivity contribution is -0.645. The zero-order valence-electron chi connectivity index (χ0n) is 13.9. The molecule has 6 nitrogen and oxygen atoms in total. The number of hydrogen-bond donors (Lipinski definition) is 2. The van der Waals surface area contributed by atoms with Gasteiger partial charge in [0.1, 0.15) is 18.3 Å². The Morgan fingerprint density at radius 1 is 1.12 bits per heavy atom. The van der Waals surface area contributed by atoms with E-state index in [0.717, 1.165) is 5.52 Å². The van der Waals surface area contributed by atoms with Crippen molar-refractivity contribution in [1.29, 1.82) is 0 Å². The number of aryl methyl sites for hydroxylation is 2. The molecule has 0 aliphatic carbocycles. The van der Waals surface area contributed by atoms with Crippen molar-refractivity contribution in [2.45, 2.75) is 0 Å². The minimum Gasteiger partial charge on any atom is -0.508 e. The van der Waals surface area contributed by atoms with Crippen LogP contribution in [0.25, 0.3) is 32.7 Å². The third-order valence-electron chi connectivity index (χ3n) is 5.06. The number of halogens is 1. The molecule has 2 amide bonds. The summed E-state index contributed by atoms with van der Waals surface area (Å²) >= 11 is 0. The Bertz CT molecular complexity index is 1340. The van der Waals surface area contributed by atoms with Crippen LogP contribution in [0.3, 0.4) is 0 Å². The number of benzene rings is 2. The first-order valence-corrected chi connectivity index (χ1v) is 8.00. The van der Waals surface area contributed by atoms with Gasteiger partial charge in [0.15, 0.2) is 5.82 Å². The number of rotatable bonds is 0. The lowest BCUT2D eigenvalue weighted by atomic mass is 9.97. The lowest BCUT2D eigenvalue weighted by Gasteiger charge is -2.06. The Morgan fingerprint density at radius 3 is 2.62 bits per heavy atom. The quantitative estimate of drug-likeness (QED) is 0.376. The highest BCUT2D eigenvalue weighted by molar-refractivity contribution is 6.36. The Labute approximate surface area is 146 Å². The minimum atomic E-state index is -0.542. The molecule has 0 fully saturated rings. The van der Waals surface area contributed by atoms with E-state index in [1.807, 2.05) is 11.6 Å². The molecule has 2 aromatic carbocycles. The molecule has 1 aliphatic rings. The topological polar surface area (TPSA) is 75.2 Å². The number of fused-ring (bicyclic) bond motifs is 8. The molecule has 4 aromatic rings. The zero-order valence-corrected chi connectivity index (χ0v) is 13.9. The van der Waals surface area contributed by atoms with Gasteiger partial charge < -0.3 is 9.67 Å². The molecule has 3 heterocycles. The van der Waals surface area contributed by atoms with E-state index >= 15 is 0 Å². The number of hydrogen-bond acceptors (Lipinski definition) is 3. The molecular weight excluding hydrogens is 337 g/mol. The van der Waals surface area contributed by atoms with E-state index in [2.05, 4.69) is 5.32 Å². The second-order valence-corrected chi connectivity index (χ2v) is 6.55. The van der Waals surface area contributed by atoms with Crippen LogP contribution in [0.1, 0.15) is 20.7 Å². The van der Waals surface area contributed by atoms with Crippen LogP contribution < -0.4 is 9.88 Å². The molecule has 0 unspecified atom stereocenters. The summed E-state index contributed by atoms with van der Waals surface area (Å²) in [6, 6.07) is 6.17. The molecule has 2 aromatic heterocycles. The number of phenolic OH excluding ortho intramolecular Hbond substituents is 1. The first-order chi connectivity index (χ1) is 12.4. The molecule has 0 saturated heterocycles. The van der Waals surface area contributed by atoms with Crippen molar-refractivity contribution in [2.24, 2.45) is 14.1 Å². The predicted octanol–water partition coefficient (Wildman–Crippen LogP) is 2.04. The van der Waals surface area contributed by atoms with Crippen molar-refractivity contribution in [3.8, 4) is 5.75 Å². The Balaban J connectivity index is 2.23. The Morgan fingerprint density at radius 2 is 1.85 bits per heavy atom. The van der Waals surface area contributed by atoms with E-state index in [9.17, 15) is 19.1 Å². The van der Waals surface area contributed by atoms with Crippen LogP contribution in [-0.2, 0) is 14.1 Å². The smallest absolute Gasteiger partial charge is 0.259 e. The summed E-state index contributed by atoms with van der Waals surface area (Å²) in [7, 11) is 3.53. The zero-order chi connectivity index (χ0) is 18.3. The highest BCUT2D eigenvalue weighted by atomic mass is 19.1. The molecule has 0 bridgehead atoms. The van der Waals surface area contributed by atoms with Crippen LogP contribution >= 0.6 is 0 Å². The summed E-state index contributed by atoms with van der Waals surface area (Å²) in [4.78, 5) is 25.0. The summed E-state index contributed by atoms with van der Waals surface area (Å²) in [5, 5.41) is 13.9. The number of phenols is 1. The molecule has 0 atom stereocenters. The van der Waals surface area contributed by atoms with E-state index in [1.165, 1.54) is 12.3 Å². The van der Waals surface area contributed by atoms with Gasteiger partial charge in [0.25, 0.3) is 11.8 Å². The maximum absolute atomic E-state index is 14.1. The first-order valence-electron chi connectivity index (χ1n) is 8.00. The molecule has 5 rings (SSSR count). The maximum Gasteiger partial charge on any atom is 0.259 e. The summed E-state index contributed by atoms with van der Waals surface area (Å²) in [6.45, 7) is 0. The van der Waals surface area contributed by atoms with Crippen molar-refractivity contribution in [3.63, 3.8) is 0 Å². The predicted molar refractivity (Wildman–Crippen MR) is 92.5 cm³/mol. The number of aromatic hydroxyl groups is 1. The number of aromatic nitrogens is 2. The average molecular weight is 350 g/mol. The summed E-state index contributed by atoms with van der Waals surface area (Å²) < 4.78 is 17.6. The number of nitrogens with one attached hydrogen (secondary N) is 1. The van der Waals surface area contributed by atoms with Crippen molar-refractivity contribution in [1.82, 2.24) is 9.88 Å². The SMILES string of the molecule is Cn1c2ccc(O)cc2c2c3c(c4cc(F)c[n+](C)c4c21)C(=O)NC3=O. The van der Waals surface area contributed by atoms with Gasteiger partial charge in [-0.2, -0.15) is 4.57 Å². The Hall–Kier alpha value is -3.48. The van der Waals surface area contributed by atoms with Crippen molar-refractivity contribution in [3.05, 3.63) is 47.4 Å². The molecule has 1 aliphatic heterocycles. The van der Waals surface area contributed by atoms with Crippen LogP contribution in [0.2, 0.25) is 0 Å². The molecule has 128 valence electrons. The number of amides is 2. The first kappa shape index (κ1) is 14.8. The van der Waals surface area contributed by atoms with E-state index in [0.29, 0.717) is 27.2 Å². The lowest BCUT2D eigenvalue weighted by Crippen LogP contribution is -2.30. The van der Waals surface area contributed by atoms with E-state index < -0.39 is 17.6 Å². The van der Waals surface area contributed by atoms with Crippen LogP contribution in [-0.4, -0.2) is 21.5 Å². The fourth-order valence-corrected chi connectivity index (χ4v) is 4.08. The number of pyridine rings is 1. The minimum absolute atomic E-state index is 0.0621. The molecule has 2 N–H and O–H groups in total. The fraction of sp³-hybridized carbons (Fsp3) is 0.105. The third kappa shape index (κ3) is 1.62. The van der Waals surface area contributed by atoms with E-state index in [4.69, 9.17) is 0 Å².